The van der Waals surface area contributed by atoms with Gasteiger partial charge in [0.25, 0.3) is 0 Å². The number of hydrogen-bond acceptors (Lipinski definition) is 6. The Labute approximate surface area is 197 Å². The van der Waals surface area contributed by atoms with Crippen molar-refractivity contribution in [2.75, 3.05) is 49.1 Å². The molecule has 0 saturated carbocycles. The lowest BCUT2D eigenvalue weighted by molar-refractivity contribution is -0.136. The van der Waals surface area contributed by atoms with E-state index < -0.39 is 0 Å². The minimum Gasteiger partial charge on any atom is -0.368 e. The summed E-state index contributed by atoms with van der Waals surface area (Å²) in [6, 6.07) is 9.96. The van der Waals surface area contributed by atoms with Gasteiger partial charge in [0.2, 0.25) is 16.2 Å². The number of halogens is 1. The average molecular weight is 471 g/mol. The molecule has 2 aliphatic rings. The van der Waals surface area contributed by atoms with Gasteiger partial charge in [-0.3, -0.25) is 9.36 Å². The molecule has 2 saturated heterocycles. The van der Waals surface area contributed by atoms with Crippen LogP contribution in [0.4, 0.5) is 10.8 Å². The highest BCUT2D eigenvalue weighted by Crippen LogP contribution is 2.30. The highest BCUT2D eigenvalue weighted by Gasteiger charge is 2.32. The van der Waals surface area contributed by atoms with E-state index in [4.69, 9.17) is 11.6 Å². The van der Waals surface area contributed by atoms with E-state index >= 15 is 0 Å². The molecule has 0 bridgehead atoms. The molecule has 168 valence electrons. The lowest BCUT2D eigenvalue weighted by Gasteiger charge is -2.40. The van der Waals surface area contributed by atoms with Crippen LogP contribution in [0.2, 0.25) is 5.02 Å². The largest absolute Gasteiger partial charge is 0.368 e. The fourth-order valence-electron chi connectivity index (χ4n) is 4.60. The Morgan fingerprint density at radius 2 is 1.78 bits per heavy atom. The summed E-state index contributed by atoms with van der Waals surface area (Å²) in [6.45, 7) is 6.91. The Morgan fingerprint density at radius 1 is 1.03 bits per heavy atom. The molecule has 1 atom stereocenters. The molecule has 0 N–H and O–H groups in total. The highest BCUT2D eigenvalue weighted by molar-refractivity contribution is 7.17. The molecule has 0 aliphatic carbocycles. The van der Waals surface area contributed by atoms with Crippen LogP contribution in [-0.2, 0) is 4.79 Å². The van der Waals surface area contributed by atoms with Crippen molar-refractivity contribution in [1.82, 2.24) is 19.7 Å². The minimum absolute atomic E-state index is 0.0159. The molecule has 4 heterocycles. The van der Waals surface area contributed by atoms with Gasteiger partial charge >= 0.3 is 0 Å². The van der Waals surface area contributed by atoms with Gasteiger partial charge in [-0.05, 0) is 49.6 Å². The zero-order chi connectivity index (χ0) is 22.1. The van der Waals surface area contributed by atoms with Crippen LogP contribution in [0.15, 0.2) is 42.7 Å². The number of rotatable bonds is 4. The number of benzene rings is 1. The molecule has 32 heavy (non-hydrogen) atoms. The standard InChI is InChI=1S/C23H27ClN6OS/c1-17-6-7-19(24)15-20(17)27-11-13-28(14-12-27)21(31)18-5-4-10-30(16-18)23-26-25-22(32-23)29-8-2-3-9-29/h2-3,6-9,15,18H,4-5,10-14,16H2,1H3/t18-/m0/s1. The molecule has 0 radical (unpaired) electrons. The van der Waals surface area contributed by atoms with E-state index in [1.54, 1.807) is 11.3 Å². The van der Waals surface area contributed by atoms with E-state index in [0.29, 0.717) is 6.54 Å². The number of piperazine rings is 1. The van der Waals surface area contributed by atoms with E-state index in [9.17, 15) is 4.79 Å². The molecule has 2 aliphatic heterocycles. The van der Waals surface area contributed by atoms with Crippen molar-refractivity contribution < 1.29 is 4.79 Å². The van der Waals surface area contributed by atoms with Crippen LogP contribution in [0, 0.1) is 12.8 Å². The Balaban J connectivity index is 1.20. The SMILES string of the molecule is Cc1ccc(Cl)cc1N1CCN(C(=O)[C@H]2CCCN(c3nnc(-n4cccc4)s3)C2)CC1. The van der Waals surface area contributed by atoms with Crippen LogP contribution in [0.5, 0.6) is 0 Å². The van der Waals surface area contributed by atoms with E-state index in [0.717, 1.165) is 60.9 Å². The van der Waals surface area contributed by atoms with Crippen molar-refractivity contribution in [3.63, 3.8) is 0 Å². The van der Waals surface area contributed by atoms with E-state index in [1.807, 2.05) is 46.1 Å². The number of amides is 1. The van der Waals surface area contributed by atoms with Crippen LogP contribution in [0.25, 0.3) is 5.13 Å². The fraction of sp³-hybridized carbons (Fsp3) is 0.435. The predicted molar refractivity (Wildman–Crippen MR) is 129 cm³/mol. The van der Waals surface area contributed by atoms with Gasteiger partial charge in [0, 0.05) is 62.4 Å². The molecule has 2 aromatic heterocycles. The third-order valence-electron chi connectivity index (χ3n) is 6.37. The van der Waals surface area contributed by atoms with E-state index in [1.165, 1.54) is 11.3 Å². The van der Waals surface area contributed by atoms with Crippen LogP contribution >= 0.6 is 22.9 Å². The molecule has 5 rings (SSSR count). The first-order valence-corrected chi connectivity index (χ1v) is 12.3. The number of nitrogens with zero attached hydrogens (tertiary/aromatic N) is 6. The molecule has 9 heteroatoms. The zero-order valence-electron chi connectivity index (χ0n) is 18.2. The molecule has 1 amide bonds. The number of piperidine rings is 1. The number of carbonyl (C=O) groups excluding carboxylic acids is 1. The monoisotopic (exact) mass is 470 g/mol. The van der Waals surface area contributed by atoms with Crippen LogP contribution < -0.4 is 9.80 Å². The quantitative estimate of drug-likeness (QED) is 0.579. The Bertz CT molecular complexity index is 1080. The van der Waals surface area contributed by atoms with Gasteiger partial charge in [-0.1, -0.05) is 29.0 Å². The topological polar surface area (TPSA) is 57.5 Å². The second kappa shape index (κ2) is 9.11. The summed E-state index contributed by atoms with van der Waals surface area (Å²) >= 11 is 7.78. The van der Waals surface area contributed by atoms with Gasteiger partial charge in [0.15, 0.2) is 0 Å². The van der Waals surface area contributed by atoms with Crippen LogP contribution in [-0.4, -0.2) is 64.8 Å². The Morgan fingerprint density at radius 3 is 2.56 bits per heavy atom. The molecule has 0 unspecified atom stereocenters. The van der Waals surface area contributed by atoms with Gasteiger partial charge < -0.3 is 14.7 Å². The van der Waals surface area contributed by atoms with Crippen LogP contribution in [0.3, 0.4) is 0 Å². The smallest absolute Gasteiger partial charge is 0.227 e. The summed E-state index contributed by atoms with van der Waals surface area (Å²) in [7, 11) is 0. The molecule has 0 spiro atoms. The third kappa shape index (κ3) is 4.34. The van der Waals surface area contributed by atoms with Crippen molar-refractivity contribution >= 4 is 39.7 Å². The molecular weight excluding hydrogens is 444 g/mol. The van der Waals surface area contributed by atoms with Crippen molar-refractivity contribution in [2.24, 2.45) is 5.92 Å². The van der Waals surface area contributed by atoms with Crippen LogP contribution in [0.1, 0.15) is 18.4 Å². The normalized spacial score (nSPS) is 19.4. The second-order valence-corrected chi connectivity index (χ2v) is 9.86. The van der Waals surface area contributed by atoms with E-state index in [-0.39, 0.29) is 11.8 Å². The summed E-state index contributed by atoms with van der Waals surface area (Å²) < 4.78 is 1.97. The molecular formula is C23H27ClN6OS. The summed E-state index contributed by atoms with van der Waals surface area (Å²) in [4.78, 5) is 19.9. The first-order chi connectivity index (χ1) is 15.6. The Hall–Kier alpha value is -2.58. The van der Waals surface area contributed by atoms with Gasteiger partial charge in [-0.2, -0.15) is 0 Å². The number of aryl methyl sites for hydroxylation is 1. The Kier molecular flexibility index (Phi) is 6.06. The van der Waals surface area contributed by atoms with Gasteiger partial charge in [0.1, 0.15) is 0 Å². The molecule has 3 aromatic rings. The third-order valence-corrected chi connectivity index (χ3v) is 7.61. The van der Waals surface area contributed by atoms with E-state index in [2.05, 4.69) is 33.0 Å². The van der Waals surface area contributed by atoms with Gasteiger partial charge in [-0.25, -0.2) is 0 Å². The number of aromatic nitrogens is 3. The summed E-state index contributed by atoms with van der Waals surface area (Å²) in [5.41, 5.74) is 2.39. The first-order valence-electron chi connectivity index (χ1n) is 11.1. The summed E-state index contributed by atoms with van der Waals surface area (Å²) in [5, 5.41) is 11.2. The van der Waals surface area contributed by atoms with Gasteiger partial charge in [-0.15, -0.1) is 10.2 Å². The predicted octanol–water partition coefficient (Wildman–Crippen LogP) is 3.86. The van der Waals surface area contributed by atoms with Crippen molar-refractivity contribution in [2.45, 2.75) is 19.8 Å². The fourth-order valence-corrected chi connectivity index (χ4v) is 5.62. The lowest BCUT2D eigenvalue weighted by Crippen LogP contribution is -2.52. The second-order valence-electron chi connectivity index (χ2n) is 8.49. The van der Waals surface area contributed by atoms with Gasteiger partial charge in [0.05, 0.1) is 5.92 Å². The summed E-state index contributed by atoms with van der Waals surface area (Å²) in [6.07, 6.45) is 5.87. The number of anilines is 2. The molecule has 1 aromatic carbocycles. The minimum atomic E-state index is 0.0159. The summed E-state index contributed by atoms with van der Waals surface area (Å²) in [5.74, 6) is 0.287. The zero-order valence-corrected chi connectivity index (χ0v) is 19.7. The first kappa shape index (κ1) is 21.3. The maximum Gasteiger partial charge on any atom is 0.227 e. The maximum atomic E-state index is 13.3. The molecule has 2 fully saturated rings. The number of carbonyl (C=O) groups is 1. The maximum absolute atomic E-state index is 13.3. The average Bonchev–Trinajstić information content (AvgIpc) is 3.53. The highest BCUT2D eigenvalue weighted by atomic mass is 35.5. The number of hydrogen-bond donors (Lipinski definition) is 0. The van der Waals surface area contributed by atoms with Crippen molar-refractivity contribution in [3.8, 4) is 5.13 Å². The lowest BCUT2D eigenvalue weighted by atomic mass is 9.96. The van der Waals surface area contributed by atoms with Crippen molar-refractivity contribution in [3.05, 3.63) is 53.3 Å². The van der Waals surface area contributed by atoms with Crippen molar-refractivity contribution in [1.29, 1.82) is 0 Å². The molecule has 7 nitrogen and oxygen atoms in total.